The number of carbonyl (C=O) groups excluding carboxylic acids is 3. The summed E-state index contributed by atoms with van der Waals surface area (Å²) in [5.74, 6) is -0.307. The highest BCUT2D eigenvalue weighted by molar-refractivity contribution is 7.09. The van der Waals surface area contributed by atoms with Crippen LogP contribution >= 0.6 is 11.3 Å². The van der Waals surface area contributed by atoms with Crippen molar-refractivity contribution in [1.29, 1.82) is 0 Å². The molecule has 0 radical (unpaired) electrons. The molecular formula is C17H17N3O4S. The molecule has 130 valence electrons. The summed E-state index contributed by atoms with van der Waals surface area (Å²) in [5.41, 5.74) is 0. The molecule has 2 atom stereocenters. The van der Waals surface area contributed by atoms with Crippen LogP contribution in [0.15, 0.2) is 40.3 Å². The van der Waals surface area contributed by atoms with Crippen molar-refractivity contribution in [3.05, 3.63) is 46.5 Å². The lowest BCUT2D eigenvalue weighted by molar-refractivity contribution is -0.152. The summed E-state index contributed by atoms with van der Waals surface area (Å²) < 4.78 is 5.14. The van der Waals surface area contributed by atoms with Crippen LogP contribution in [0.2, 0.25) is 0 Å². The van der Waals surface area contributed by atoms with Gasteiger partial charge in [0.25, 0.3) is 5.91 Å². The van der Waals surface area contributed by atoms with Crippen molar-refractivity contribution in [3.8, 4) is 0 Å². The predicted octanol–water partition coefficient (Wildman–Crippen LogP) is 0.735. The quantitative estimate of drug-likeness (QED) is 0.876. The number of carbonyl (C=O) groups is 3. The van der Waals surface area contributed by atoms with Crippen molar-refractivity contribution < 1.29 is 18.8 Å². The van der Waals surface area contributed by atoms with Crippen molar-refractivity contribution in [2.24, 2.45) is 0 Å². The van der Waals surface area contributed by atoms with Crippen LogP contribution in [0.5, 0.6) is 0 Å². The molecule has 1 N–H and O–H groups in total. The zero-order valence-electron chi connectivity index (χ0n) is 13.4. The van der Waals surface area contributed by atoms with Gasteiger partial charge in [0.1, 0.15) is 12.1 Å². The van der Waals surface area contributed by atoms with E-state index in [1.165, 1.54) is 6.26 Å². The predicted molar refractivity (Wildman–Crippen MR) is 90.1 cm³/mol. The molecule has 4 rings (SSSR count). The van der Waals surface area contributed by atoms with Crippen LogP contribution in [0.4, 0.5) is 0 Å². The van der Waals surface area contributed by atoms with Gasteiger partial charge in [-0.2, -0.15) is 0 Å². The van der Waals surface area contributed by atoms with Crippen LogP contribution in [0.1, 0.15) is 15.4 Å². The van der Waals surface area contributed by atoms with Crippen molar-refractivity contribution in [2.75, 3.05) is 19.6 Å². The summed E-state index contributed by atoms with van der Waals surface area (Å²) in [5, 5.41) is 4.76. The molecule has 2 aromatic heterocycles. The Balaban J connectivity index is 1.47. The van der Waals surface area contributed by atoms with Gasteiger partial charge < -0.3 is 19.5 Å². The summed E-state index contributed by atoms with van der Waals surface area (Å²) in [6.45, 7) is 0.925. The van der Waals surface area contributed by atoms with Gasteiger partial charge in [0.05, 0.1) is 12.8 Å². The highest BCUT2D eigenvalue weighted by atomic mass is 32.1. The third-order valence-corrected chi connectivity index (χ3v) is 5.48. The molecule has 25 heavy (non-hydrogen) atoms. The van der Waals surface area contributed by atoms with Crippen LogP contribution in [-0.2, 0) is 16.0 Å². The Bertz CT molecular complexity index is 787. The van der Waals surface area contributed by atoms with E-state index in [0.29, 0.717) is 19.5 Å². The maximum absolute atomic E-state index is 12.7. The van der Waals surface area contributed by atoms with Gasteiger partial charge in [-0.25, -0.2) is 0 Å². The smallest absolute Gasteiger partial charge is 0.289 e. The first-order chi connectivity index (χ1) is 12.1. The van der Waals surface area contributed by atoms with Crippen LogP contribution in [0, 0.1) is 0 Å². The number of piperazine rings is 2. The molecule has 0 bridgehead atoms. The molecule has 8 heteroatoms. The molecule has 2 saturated heterocycles. The minimum atomic E-state index is -0.639. The van der Waals surface area contributed by atoms with Crippen LogP contribution in [0.3, 0.4) is 0 Å². The van der Waals surface area contributed by atoms with Gasteiger partial charge in [-0.15, -0.1) is 11.3 Å². The SMILES string of the molecule is O=C1N[C@@H](Cc2cccs2)C(=O)N2CCN(C(=O)c3ccco3)C[C@H]12. The van der Waals surface area contributed by atoms with Gasteiger partial charge in [-0.3, -0.25) is 14.4 Å². The number of rotatable bonds is 3. The Hall–Kier alpha value is -2.61. The van der Waals surface area contributed by atoms with Crippen molar-refractivity contribution >= 4 is 29.1 Å². The molecule has 0 aromatic carbocycles. The molecule has 0 unspecified atom stereocenters. The fourth-order valence-corrected chi connectivity index (χ4v) is 4.06. The molecule has 2 aromatic rings. The minimum Gasteiger partial charge on any atom is -0.459 e. The van der Waals surface area contributed by atoms with E-state index >= 15 is 0 Å². The van der Waals surface area contributed by atoms with E-state index < -0.39 is 12.1 Å². The molecule has 2 fully saturated rings. The zero-order valence-corrected chi connectivity index (χ0v) is 14.2. The maximum Gasteiger partial charge on any atom is 0.289 e. The largest absolute Gasteiger partial charge is 0.459 e. The van der Waals surface area contributed by atoms with Crippen LogP contribution in [0.25, 0.3) is 0 Å². The van der Waals surface area contributed by atoms with E-state index in [2.05, 4.69) is 5.32 Å². The molecule has 4 heterocycles. The number of hydrogen-bond acceptors (Lipinski definition) is 5. The maximum atomic E-state index is 12.7. The monoisotopic (exact) mass is 359 g/mol. The second-order valence-corrected chi connectivity index (χ2v) is 7.15. The lowest BCUT2D eigenvalue weighted by Crippen LogP contribution is -2.70. The summed E-state index contributed by atoms with van der Waals surface area (Å²) >= 11 is 1.57. The molecule has 0 saturated carbocycles. The topological polar surface area (TPSA) is 82.9 Å². The summed E-state index contributed by atoms with van der Waals surface area (Å²) in [4.78, 5) is 41.9. The summed E-state index contributed by atoms with van der Waals surface area (Å²) in [6.07, 6.45) is 1.94. The zero-order chi connectivity index (χ0) is 17.4. The van der Waals surface area contributed by atoms with E-state index in [1.54, 1.807) is 33.3 Å². The number of thiophene rings is 1. The Kier molecular flexibility index (Phi) is 4.04. The number of amides is 3. The Labute approximate surface area is 148 Å². The second-order valence-electron chi connectivity index (χ2n) is 6.12. The van der Waals surface area contributed by atoms with Crippen molar-refractivity contribution in [1.82, 2.24) is 15.1 Å². The molecule has 7 nitrogen and oxygen atoms in total. The first-order valence-electron chi connectivity index (χ1n) is 8.09. The van der Waals surface area contributed by atoms with Gasteiger partial charge in [0, 0.05) is 24.4 Å². The molecule has 3 amide bonds. The van der Waals surface area contributed by atoms with E-state index in [9.17, 15) is 14.4 Å². The number of nitrogens with one attached hydrogen (secondary N) is 1. The molecule has 0 aliphatic carbocycles. The fourth-order valence-electron chi connectivity index (χ4n) is 3.31. The van der Waals surface area contributed by atoms with Gasteiger partial charge in [-0.05, 0) is 23.6 Å². The third-order valence-electron chi connectivity index (χ3n) is 4.59. The number of nitrogens with zero attached hydrogens (tertiary/aromatic N) is 2. The van der Waals surface area contributed by atoms with Crippen molar-refractivity contribution in [3.63, 3.8) is 0 Å². The average molecular weight is 359 g/mol. The highest BCUT2D eigenvalue weighted by Crippen LogP contribution is 2.21. The summed E-state index contributed by atoms with van der Waals surface area (Å²) in [7, 11) is 0. The third kappa shape index (κ3) is 2.93. The highest BCUT2D eigenvalue weighted by Gasteiger charge is 2.44. The second kappa shape index (κ2) is 6.36. The number of furan rings is 1. The lowest BCUT2D eigenvalue weighted by Gasteiger charge is -2.45. The fraction of sp³-hybridized carbons (Fsp3) is 0.353. The van der Waals surface area contributed by atoms with Crippen LogP contribution in [-0.4, -0.2) is 59.2 Å². The first-order valence-corrected chi connectivity index (χ1v) is 8.97. The number of fused-ring (bicyclic) bond motifs is 1. The van der Waals surface area contributed by atoms with Gasteiger partial charge >= 0.3 is 0 Å². The minimum absolute atomic E-state index is 0.0805. The Morgan fingerprint density at radius 2 is 2.16 bits per heavy atom. The van der Waals surface area contributed by atoms with E-state index in [0.717, 1.165) is 4.88 Å². The van der Waals surface area contributed by atoms with Gasteiger partial charge in [0.15, 0.2) is 5.76 Å². The molecule has 2 aliphatic rings. The Morgan fingerprint density at radius 3 is 2.88 bits per heavy atom. The molecular weight excluding hydrogens is 342 g/mol. The standard InChI is InChI=1S/C17H17N3O4S/c21-15-13-10-19(17(23)14-4-1-7-24-14)5-6-20(13)16(22)12(18-15)9-11-3-2-8-25-11/h1-4,7-8,12-13H,5-6,9-10H2,(H,18,21)/t12-,13+/m0/s1. The molecule has 0 spiro atoms. The first kappa shape index (κ1) is 15.9. The van der Waals surface area contributed by atoms with Crippen molar-refractivity contribution in [2.45, 2.75) is 18.5 Å². The summed E-state index contributed by atoms with van der Waals surface area (Å²) in [6, 6.07) is 5.95. The van der Waals surface area contributed by atoms with E-state index in [4.69, 9.17) is 4.42 Å². The van der Waals surface area contributed by atoms with Gasteiger partial charge in [-0.1, -0.05) is 6.07 Å². The Morgan fingerprint density at radius 1 is 1.28 bits per heavy atom. The normalized spacial score (nSPS) is 23.4. The van der Waals surface area contributed by atoms with E-state index in [-0.39, 0.29) is 30.0 Å². The average Bonchev–Trinajstić information content (AvgIpc) is 3.32. The molecule has 2 aliphatic heterocycles. The lowest BCUT2D eigenvalue weighted by atomic mass is 10.0. The van der Waals surface area contributed by atoms with Crippen LogP contribution < -0.4 is 5.32 Å². The number of hydrogen-bond donors (Lipinski definition) is 1. The van der Waals surface area contributed by atoms with E-state index in [1.807, 2.05) is 17.5 Å². The van der Waals surface area contributed by atoms with Gasteiger partial charge in [0.2, 0.25) is 11.8 Å².